The van der Waals surface area contributed by atoms with E-state index in [-0.39, 0.29) is 11.3 Å². The highest BCUT2D eigenvalue weighted by Gasteiger charge is 2.46. The van der Waals surface area contributed by atoms with Crippen molar-refractivity contribution in [1.29, 1.82) is 0 Å². The average Bonchev–Trinajstić information content (AvgIpc) is 2.54. The summed E-state index contributed by atoms with van der Waals surface area (Å²) in [7, 11) is 0. The molecule has 3 nitrogen and oxygen atoms in total. The summed E-state index contributed by atoms with van der Waals surface area (Å²) in [5.74, 6) is -2.21. The van der Waals surface area contributed by atoms with Crippen molar-refractivity contribution < 1.29 is 32.6 Å². The number of rotatable bonds is 1. The highest BCUT2D eigenvalue weighted by molar-refractivity contribution is 5.53. The van der Waals surface area contributed by atoms with E-state index in [2.05, 4.69) is 0 Å². The Morgan fingerprint density at radius 2 is 1.69 bits per heavy atom. The molecule has 0 aromatic heterocycles. The van der Waals surface area contributed by atoms with Crippen LogP contribution in [-0.2, 0) is 0 Å². The molecule has 7 heteroatoms. The molecule has 0 bridgehead atoms. The lowest BCUT2D eigenvalue weighted by Gasteiger charge is -2.02. The van der Waals surface area contributed by atoms with Gasteiger partial charge in [-0.15, -0.1) is 0 Å². The summed E-state index contributed by atoms with van der Waals surface area (Å²) in [6.45, 7) is 3.63. The second kappa shape index (κ2) is 4.71. The SMILES string of the molecule is CC1(C)CC1C=C(F)C(F)(F)F.O=C(O)O. The highest BCUT2D eigenvalue weighted by Crippen LogP contribution is 2.53. The van der Waals surface area contributed by atoms with E-state index in [4.69, 9.17) is 15.0 Å². The quantitative estimate of drug-likeness (QED) is 0.692. The van der Waals surface area contributed by atoms with Crippen LogP contribution < -0.4 is 0 Å². The van der Waals surface area contributed by atoms with Crippen molar-refractivity contribution in [2.45, 2.75) is 26.4 Å². The molecule has 0 aliphatic heterocycles. The van der Waals surface area contributed by atoms with Crippen LogP contribution in [0.4, 0.5) is 22.4 Å². The lowest BCUT2D eigenvalue weighted by Crippen LogP contribution is -2.08. The van der Waals surface area contributed by atoms with Crippen LogP contribution in [-0.4, -0.2) is 22.5 Å². The van der Waals surface area contributed by atoms with Gasteiger partial charge >= 0.3 is 12.3 Å². The van der Waals surface area contributed by atoms with Gasteiger partial charge in [0.25, 0.3) is 0 Å². The highest BCUT2D eigenvalue weighted by atomic mass is 19.4. The van der Waals surface area contributed by atoms with E-state index in [0.717, 1.165) is 0 Å². The Hall–Kier alpha value is -1.27. The first-order chi connectivity index (χ1) is 6.97. The maximum Gasteiger partial charge on any atom is 0.503 e. The predicted molar refractivity (Wildman–Crippen MR) is 47.8 cm³/mol. The molecule has 0 radical (unpaired) electrons. The summed E-state index contributed by atoms with van der Waals surface area (Å²) in [6.07, 6.45) is -5.32. The molecule has 1 unspecified atom stereocenters. The molecule has 1 saturated carbocycles. The Morgan fingerprint density at radius 1 is 1.38 bits per heavy atom. The van der Waals surface area contributed by atoms with Gasteiger partial charge in [0, 0.05) is 0 Å². The van der Waals surface area contributed by atoms with Gasteiger partial charge in [-0.1, -0.05) is 13.8 Å². The summed E-state index contributed by atoms with van der Waals surface area (Å²) in [4.78, 5) is 8.56. The lowest BCUT2D eigenvalue weighted by atomic mass is 10.1. The van der Waals surface area contributed by atoms with Crippen molar-refractivity contribution in [3.63, 3.8) is 0 Å². The zero-order valence-electron chi connectivity index (χ0n) is 8.68. The van der Waals surface area contributed by atoms with Crippen LogP contribution in [0, 0.1) is 11.3 Å². The third-order valence-corrected chi connectivity index (χ3v) is 2.21. The Balaban J connectivity index is 0.000000487. The fourth-order valence-corrected chi connectivity index (χ4v) is 1.06. The van der Waals surface area contributed by atoms with E-state index in [1.807, 2.05) is 13.8 Å². The van der Waals surface area contributed by atoms with Crippen molar-refractivity contribution >= 4 is 6.16 Å². The second-order valence-corrected chi connectivity index (χ2v) is 4.09. The van der Waals surface area contributed by atoms with Gasteiger partial charge in [0.2, 0.25) is 0 Å². The minimum Gasteiger partial charge on any atom is -0.450 e. The normalized spacial score (nSPS) is 23.1. The fraction of sp³-hybridized carbons (Fsp3) is 0.667. The van der Waals surface area contributed by atoms with Gasteiger partial charge in [0.1, 0.15) is 0 Å². The van der Waals surface area contributed by atoms with Crippen LogP contribution in [0.2, 0.25) is 0 Å². The molecule has 0 amide bonds. The van der Waals surface area contributed by atoms with Gasteiger partial charge in [-0.3, -0.25) is 0 Å². The first-order valence-corrected chi connectivity index (χ1v) is 4.33. The van der Waals surface area contributed by atoms with Crippen molar-refractivity contribution in [1.82, 2.24) is 0 Å². The molecule has 2 N–H and O–H groups in total. The van der Waals surface area contributed by atoms with Crippen LogP contribution >= 0.6 is 0 Å². The Bertz CT molecular complexity index is 290. The van der Waals surface area contributed by atoms with Crippen LogP contribution in [0.3, 0.4) is 0 Å². The number of alkyl halides is 3. The summed E-state index contributed by atoms with van der Waals surface area (Å²) < 4.78 is 47.2. The Labute approximate surface area is 89.4 Å². The summed E-state index contributed by atoms with van der Waals surface area (Å²) in [6, 6.07) is 0. The van der Waals surface area contributed by atoms with Gasteiger partial charge in [-0.05, 0) is 23.8 Å². The number of halogens is 4. The summed E-state index contributed by atoms with van der Waals surface area (Å²) in [5, 5.41) is 13.9. The molecule has 1 aliphatic rings. The first kappa shape index (κ1) is 14.7. The number of carboxylic acid groups (broad SMARTS) is 2. The molecule has 94 valence electrons. The third kappa shape index (κ3) is 5.57. The summed E-state index contributed by atoms with van der Waals surface area (Å²) >= 11 is 0. The van der Waals surface area contributed by atoms with Crippen molar-refractivity contribution in [2.24, 2.45) is 11.3 Å². The summed E-state index contributed by atoms with van der Waals surface area (Å²) in [5.41, 5.74) is -0.150. The van der Waals surface area contributed by atoms with Crippen molar-refractivity contribution in [3.05, 3.63) is 11.9 Å². The number of hydrogen-bond donors (Lipinski definition) is 2. The standard InChI is InChI=1S/C8H10F4.CH2O3/c1-7(2)4-5(7)3-6(9)8(10,11)12;2-1(3)4/h3,5H,4H2,1-2H3;(H2,2,3,4). The smallest absolute Gasteiger partial charge is 0.450 e. The second-order valence-electron chi connectivity index (χ2n) is 4.09. The molecule has 16 heavy (non-hydrogen) atoms. The molecular weight excluding hydrogens is 232 g/mol. The van der Waals surface area contributed by atoms with E-state index in [0.29, 0.717) is 12.5 Å². The van der Waals surface area contributed by atoms with E-state index >= 15 is 0 Å². The van der Waals surface area contributed by atoms with Gasteiger partial charge < -0.3 is 10.2 Å². The van der Waals surface area contributed by atoms with Crippen LogP contribution in [0.15, 0.2) is 11.9 Å². The van der Waals surface area contributed by atoms with Crippen LogP contribution in [0.25, 0.3) is 0 Å². The zero-order valence-corrected chi connectivity index (χ0v) is 8.68. The Morgan fingerprint density at radius 3 is 1.88 bits per heavy atom. The Kier molecular flexibility index (Phi) is 4.34. The monoisotopic (exact) mass is 244 g/mol. The molecular formula is C9H12F4O3. The van der Waals surface area contributed by atoms with E-state index < -0.39 is 18.2 Å². The van der Waals surface area contributed by atoms with Gasteiger partial charge in [0.15, 0.2) is 5.83 Å². The lowest BCUT2D eigenvalue weighted by molar-refractivity contribution is -0.109. The minimum atomic E-state index is -4.81. The molecule has 1 rings (SSSR count). The van der Waals surface area contributed by atoms with Gasteiger partial charge in [0.05, 0.1) is 0 Å². The van der Waals surface area contributed by atoms with Gasteiger partial charge in [-0.2, -0.15) is 13.2 Å². The van der Waals surface area contributed by atoms with Crippen molar-refractivity contribution in [2.75, 3.05) is 0 Å². The molecule has 1 atom stereocenters. The topological polar surface area (TPSA) is 57.5 Å². The van der Waals surface area contributed by atoms with Crippen LogP contribution in [0.1, 0.15) is 20.3 Å². The van der Waals surface area contributed by atoms with Gasteiger partial charge in [-0.25, -0.2) is 9.18 Å². The largest absolute Gasteiger partial charge is 0.503 e. The van der Waals surface area contributed by atoms with Crippen molar-refractivity contribution in [3.8, 4) is 0 Å². The van der Waals surface area contributed by atoms with E-state index in [1.54, 1.807) is 0 Å². The molecule has 0 heterocycles. The maximum absolute atomic E-state index is 12.3. The third-order valence-electron chi connectivity index (χ3n) is 2.21. The number of carbonyl (C=O) groups is 1. The maximum atomic E-state index is 12.3. The minimum absolute atomic E-state index is 0.150. The molecule has 0 saturated heterocycles. The van der Waals surface area contributed by atoms with E-state index in [1.165, 1.54) is 0 Å². The fourth-order valence-electron chi connectivity index (χ4n) is 1.06. The molecule has 1 fully saturated rings. The molecule has 0 aromatic carbocycles. The van der Waals surface area contributed by atoms with Crippen LogP contribution in [0.5, 0.6) is 0 Å². The zero-order chi connectivity index (χ0) is 13.1. The molecule has 0 aromatic rings. The molecule has 0 spiro atoms. The molecule has 1 aliphatic carbocycles. The number of allylic oxidation sites excluding steroid dienone is 2. The first-order valence-electron chi connectivity index (χ1n) is 4.33. The number of hydrogen-bond acceptors (Lipinski definition) is 1. The van der Waals surface area contributed by atoms with E-state index in [9.17, 15) is 17.6 Å². The predicted octanol–water partition coefficient (Wildman–Crippen LogP) is 3.67. The average molecular weight is 244 g/mol.